The molecule has 0 fully saturated rings. The summed E-state index contributed by atoms with van der Waals surface area (Å²) in [6.07, 6.45) is 0.879. The minimum atomic E-state index is 0.126. The third-order valence-electron chi connectivity index (χ3n) is 5.06. The van der Waals surface area contributed by atoms with Crippen LogP contribution in [0.1, 0.15) is 29.8 Å². The Hall–Kier alpha value is -2.41. The summed E-state index contributed by atoms with van der Waals surface area (Å²) in [7, 11) is 0. The monoisotopic (exact) mass is 300 g/mol. The molecular weight excluding hydrogens is 280 g/mol. The van der Waals surface area contributed by atoms with Gasteiger partial charge in [0.05, 0.1) is 0 Å². The van der Waals surface area contributed by atoms with E-state index in [0.29, 0.717) is 11.7 Å². The first kappa shape index (κ1) is 14.2. The van der Waals surface area contributed by atoms with Gasteiger partial charge in [0.1, 0.15) is 0 Å². The molecule has 0 amide bonds. The van der Waals surface area contributed by atoms with Crippen LogP contribution in [-0.4, -0.2) is 5.78 Å². The quantitative estimate of drug-likeness (QED) is 0.609. The number of hydrogen-bond acceptors (Lipinski definition) is 1. The molecule has 3 aromatic carbocycles. The molecule has 0 saturated heterocycles. The van der Waals surface area contributed by atoms with Crippen LogP contribution in [0.5, 0.6) is 0 Å². The van der Waals surface area contributed by atoms with E-state index in [1.165, 1.54) is 16.3 Å². The molecule has 1 atom stereocenters. The zero-order chi connectivity index (χ0) is 16.0. The summed E-state index contributed by atoms with van der Waals surface area (Å²) in [5, 5.41) is 2.43. The molecular formula is C22H20O. The molecule has 0 aromatic heterocycles. The van der Waals surface area contributed by atoms with Crippen molar-refractivity contribution >= 4 is 16.6 Å². The fraction of sp³-hybridized carbons (Fsp3) is 0.227. The molecule has 0 saturated carbocycles. The molecule has 0 N–H and O–H groups in total. The highest BCUT2D eigenvalue weighted by molar-refractivity contribution is 6.10. The van der Waals surface area contributed by atoms with Crippen LogP contribution in [0.2, 0.25) is 0 Å². The third kappa shape index (κ3) is 2.19. The van der Waals surface area contributed by atoms with Crippen LogP contribution in [0.15, 0.2) is 60.7 Å². The Bertz CT molecular complexity index is 899. The Labute approximate surface area is 137 Å². The summed E-state index contributed by atoms with van der Waals surface area (Å²) >= 11 is 0. The number of hydrogen-bond donors (Lipinski definition) is 0. The minimum absolute atomic E-state index is 0.126. The standard InChI is InChI=1S/C22H20O/c1-14(2)20-13-16-9-6-12-19(21(16)22(20)23)18-11-5-8-15-7-3-4-10-17(15)18/h3-12,14,20H,13H2,1-2H3. The van der Waals surface area contributed by atoms with E-state index in [4.69, 9.17) is 0 Å². The maximum atomic E-state index is 13.0. The number of Topliss-reactive ketones (excluding diaryl/α,β-unsaturated/α-hetero) is 1. The Kier molecular flexibility index (Phi) is 3.30. The number of fused-ring (bicyclic) bond motifs is 2. The fourth-order valence-corrected chi connectivity index (χ4v) is 3.80. The molecule has 1 aliphatic rings. The zero-order valence-corrected chi connectivity index (χ0v) is 13.5. The topological polar surface area (TPSA) is 17.1 Å². The van der Waals surface area contributed by atoms with E-state index < -0.39 is 0 Å². The number of ketones is 1. The van der Waals surface area contributed by atoms with Crippen molar-refractivity contribution in [3.05, 3.63) is 71.8 Å². The van der Waals surface area contributed by atoms with Crippen molar-refractivity contribution in [1.82, 2.24) is 0 Å². The van der Waals surface area contributed by atoms with Gasteiger partial charge in [-0.05, 0) is 39.8 Å². The van der Waals surface area contributed by atoms with Crippen LogP contribution < -0.4 is 0 Å². The maximum absolute atomic E-state index is 13.0. The Morgan fingerprint density at radius 1 is 0.870 bits per heavy atom. The van der Waals surface area contributed by atoms with Crippen LogP contribution in [-0.2, 0) is 6.42 Å². The number of rotatable bonds is 2. The first-order valence-corrected chi connectivity index (χ1v) is 8.31. The van der Waals surface area contributed by atoms with Gasteiger partial charge in [0.25, 0.3) is 0 Å². The molecule has 0 bridgehead atoms. The lowest BCUT2D eigenvalue weighted by molar-refractivity contribution is 0.0906. The highest BCUT2D eigenvalue weighted by Gasteiger charge is 2.34. The molecule has 0 spiro atoms. The molecule has 4 rings (SSSR count). The van der Waals surface area contributed by atoms with Gasteiger partial charge in [-0.1, -0.05) is 74.5 Å². The maximum Gasteiger partial charge on any atom is 0.167 e. The second-order valence-electron chi connectivity index (χ2n) is 6.79. The van der Waals surface area contributed by atoms with Crippen LogP contribution >= 0.6 is 0 Å². The third-order valence-corrected chi connectivity index (χ3v) is 5.06. The summed E-state index contributed by atoms with van der Waals surface area (Å²) in [4.78, 5) is 13.0. The molecule has 1 nitrogen and oxygen atoms in total. The summed E-state index contributed by atoms with van der Waals surface area (Å²) in [6.45, 7) is 4.29. The summed E-state index contributed by atoms with van der Waals surface area (Å²) < 4.78 is 0. The van der Waals surface area contributed by atoms with E-state index in [2.05, 4.69) is 74.5 Å². The first-order valence-electron chi connectivity index (χ1n) is 8.31. The van der Waals surface area contributed by atoms with E-state index in [-0.39, 0.29) is 5.92 Å². The lowest BCUT2D eigenvalue weighted by atomic mass is 9.90. The fourth-order valence-electron chi connectivity index (χ4n) is 3.80. The second kappa shape index (κ2) is 5.34. The molecule has 1 unspecified atom stereocenters. The van der Waals surface area contributed by atoms with Gasteiger partial charge >= 0.3 is 0 Å². The molecule has 114 valence electrons. The largest absolute Gasteiger partial charge is 0.294 e. The zero-order valence-electron chi connectivity index (χ0n) is 13.5. The summed E-state index contributed by atoms with van der Waals surface area (Å²) in [5.74, 6) is 0.829. The molecule has 3 aromatic rings. The van der Waals surface area contributed by atoms with Crippen molar-refractivity contribution in [3.8, 4) is 11.1 Å². The Balaban J connectivity index is 1.96. The average Bonchev–Trinajstić information content (AvgIpc) is 2.92. The summed E-state index contributed by atoms with van der Waals surface area (Å²) in [5.41, 5.74) is 4.41. The minimum Gasteiger partial charge on any atom is -0.294 e. The van der Waals surface area contributed by atoms with E-state index in [1.807, 2.05) is 0 Å². The number of carbonyl (C=O) groups excluding carboxylic acids is 1. The first-order chi connectivity index (χ1) is 11.2. The Morgan fingerprint density at radius 3 is 2.39 bits per heavy atom. The second-order valence-corrected chi connectivity index (χ2v) is 6.79. The van der Waals surface area contributed by atoms with Crippen molar-refractivity contribution in [2.24, 2.45) is 11.8 Å². The van der Waals surface area contributed by atoms with Gasteiger partial charge in [0.2, 0.25) is 0 Å². The molecule has 1 heteroatoms. The molecule has 0 aliphatic heterocycles. The predicted molar refractivity (Wildman–Crippen MR) is 95.7 cm³/mol. The predicted octanol–water partition coefficient (Wildman–Crippen LogP) is 5.52. The van der Waals surface area contributed by atoms with Gasteiger partial charge in [-0.2, -0.15) is 0 Å². The Morgan fingerprint density at radius 2 is 1.57 bits per heavy atom. The summed E-state index contributed by atoms with van der Waals surface area (Å²) in [6, 6.07) is 21.0. The number of benzene rings is 3. The van der Waals surface area contributed by atoms with Gasteiger partial charge in [-0.3, -0.25) is 4.79 Å². The van der Waals surface area contributed by atoms with Gasteiger partial charge < -0.3 is 0 Å². The van der Waals surface area contributed by atoms with Crippen LogP contribution in [0, 0.1) is 11.8 Å². The van der Waals surface area contributed by atoms with Crippen LogP contribution in [0.4, 0.5) is 0 Å². The molecule has 0 heterocycles. The van der Waals surface area contributed by atoms with Gasteiger partial charge in [0.15, 0.2) is 5.78 Å². The highest BCUT2D eigenvalue weighted by Crippen LogP contribution is 2.39. The van der Waals surface area contributed by atoms with Gasteiger partial charge in [0, 0.05) is 11.5 Å². The van der Waals surface area contributed by atoms with Crippen molar-refractivity contribution in [1.29, 1.82) is 0 Å². The normalized spacial score (nSPS) is 17.0. The van der Waals surface area contributed by atoms with E-state index in [0.717, 1.165) is 23.1 Å². The van der Waals surface area contributed by atoms with Crippen molar-refractivity contribution < 1.29 is 4.79 Å². The van der Waals surface area contributed by atoms with Gasteiger partial charge in [-0.15, -0.1) is 0 Å². The van der Waals surface area contributed by atoms with Crippen LogP contribution in [0.25, 0.3) is 21.9 Å². The van der Waals surface area contributed by atoms with Gasteiger partial charge in [-0.25, -0.2) is 0 Å². The number of carbonyl (C=O) groups is 1. The van der Waals surface area contributed by atoms with E-state index >= 15 is 0 Å². The van der Waals surface area contributed by atoms with Crippen molar-refractivity contribution in [2.45, 2.75) is 20.3 Å². The molecule has 23 heavy (non-hydrogen) atoms. The van der Waals surface area contributed by atoms with Crippen molar-refractivity contribution in [2.75, 3.05) is 0 Å². The lowest BCUT2D eigenvalue weighted by Crippen LogP contribution is -2.15. The average molecular weight is 300 g/mol. The van der Waals surface area contributed by atoms with Crippen molar-refractivity contribution in [3.63, 3.8) is 0 Å². The lowest BCUT2D eigenvalue weighted by Gasteiger charge is -2.13. The van der Waals surface area contributed by atoms with E-state index in [9.17, 15) is 4.79 Å². The van der Waals surface area contributed by atoms with E-state index in [1.54, 1.807) is 0 Å². The molecule has 1 aliphatic carbocycles. The highest BCUT2D eigenvalue weighted by atomic mass is 16.1. The molecule has 0 radical (unpaired) electrons. The smallest absolute Gasteiger partial charge is 0.167 e. The van der Waals surface area contributed by atoms with Crippen LogP contribution in [0.3, 0.4) is 0 Å². The SMILES string of the molecule is CC(C)C1Cc2cccc(-c3cccc4ccccc34)c2C1=O.